The number of nitrogens with one attached hydrogen (secondary N) is 3. The number of hydrogen-bond donors (Lipinski definition) is 3. The van der Waals surface area contributed by atoms with Gasteiger partial charge in [0.15, 0.2) is 0 Å². The third kappa shape index (κ3) is 3.44. The molecule has 0 unspecified atom stereocenters. The summed E-state index contributed by atoms with van der Waals surface area (Å²) < 4.78 is 5.63. The van der Waals surface area contributed by atoms with Crippen LogP contribution in [0.1, 0.15) is 6.92 Å². The van der Waals surface area contributed by atoms with Crippen molar-refractivity contribution in [3.8, 4) is 16.5 Å². The summed E-state index contributed by atoms with van der Waals surface area (Å²) in [6.45, 7) is 2.48. The van der Waals surface area contributed by atoms with Crippen LogP contribution in [0.15, 0.2) is 48.2 Å². The first-order chi connectivity index (χ1) is 13.3. The lowest BCUT2D eigenvalue weighted by Gasteiger charge is -2.12. The van der Waals surface area contributed by atoms with E-state index < -0.39 is 6.03 Å². The Labute approximate surface area is 158 Å². The normalized spacial score (nSPS) is 10.7. The molecule has 0 bridgehead atoms. The number of urea groups is 1. The van der Waals surface area contributed by atoms with Crippen LogP contribution in [0.2, 0.25) is 0 Å². The Hall–Kier alpha value is -3.46. The first kappa shape index (κ1) is 17.0. The molecule has 0 aliphatic heterocycles. The summed E-state index contributed by atoms with van der Waals surface area (Å²) in [4.78, 5) is 21.1. The van der Waals surface area contributed by atoms with E-state index in [0.29, 0.717) is 29.2 Å². The summed E-state index contributed by atoms with van der Waals surface area (Å²) in [7, 11) is 0. The Kier molecular flexibility index (Phi) is 4.67. The fourth-order valence-corrected chi connectivity index (χ4v) is 3.34. The standard InChI is InChI=1S/C18H16N6O2S/c1-2-26-14-6-5-12(15-11(14)4-3-7-19-15)22-18(25)23-13-10-21-24-16(13)17-20-8-9-27-17/h3-10H,2H2,1H3,(H,21,24)(H2,22,23,25). The van der Waals surface area contributed by atoms with E-state index in [1.165, 1.54) is 11.3 Å². The molecule has 0 aliphatic rings. The number of aromatic amines is 1. The Morgan fingerprint density at radius 1 is 1.19 bits per heavy atom. The minimum Gasteiger partial charge on any atom is -0.493 e. The van der Waals surface area contributed by atoms with E-state index in [1.807, 2.05) is 30.5 Å². The number of ether oxygens (including phenoxy) is 1. The van der Waals surface area contributed by atoms with Crippen molar-refractivity contribution in [1.29, 1.82) is 0 Å². The molecule has 0 spiro atoms. The maximum atomic E-state index is 12.5. The average molecular weight is 380 g/mol. The number of hydrogen-bond acceptors (Lipinski definition) is 6. The number of carbonyl (C=O) groups excluding carboxylic acids is 1. The van der Waals surface area contributed by atoms with E-state index in [0.717, 1.165) is 16.1 Å². The molecular formula is C18H16N6O2S. The number of H-pyrrole nitrogens is 1. The monoisotopic (exact) mass is 380 g/mol. The number of pyridine rings is 1. The van der Waals surface area contributed by atoms with Gasteiger partial charge in [0.1, 0.15) is 16.5 Å². The SMILES string of the molecule is CCOc1ccc(NC(=O)Nc2cn[nH]c2-c2nccs2)c2ncccc12. The molecule has 3 aromatic heterocycles. The van der Waals surface area contributed by atoms with Gasteiger partial charge in [0, 0.05) is 23.2 Å². The second kappa shape index (κ2) is 7.42. The molecule has 3 heterocycles. The number of carbonyl (C=O) groups is 1. The summed E-state index contributed by atoms with van der Waals surface area (Å²) in [5.74, 6) is 0.729. The lowest BCUT2D eigenvalue weighted by atomic mass is 10.1. The molecule has 1 aromatic carbocycles. The smallest absolute Gasteiger partial charge is 0.323 e. The van der Waals surface area contributed by atoms with Crippen LogP contribution in [0.25, 0.3) is 21.6 Å². The summed E-state index contributed by atoms with van der Waals surface area (Å²) in [6, 6.07) is 6.94. The fraction of sp³-hybridized carbons (Fsp3) is 0.111. The first-order valence-electron chi connectivity index (χ1n) is 8.28. The van der Waals surface area contributed by atoms with Crippen LogP contribution in [0.3, 0.4) is 0 Å². The van der Waals surface area contributed by atoms with Gasteiger partial charge >= 0.3 is 6.03 Å². The van der Waals surface area contributed by atoms with Gasteiger partial charge < -0.3 is 15.4 Å². The molecule has 3 N–H and O–H groups in total. The van der Waals surface area contributed by atoms with Crippen molar-refractivity contribution < 1.29 is 9.53 Å². The molecule has 136 valence electrons. The average Bonchev–Trinajstić information content (AvgIpc) is 3.35. The number of fused-ring (bicyclic) bond motifs is 1. The van der Waals surface area contributed by atoms with Crippen LogP contribution >= 0.6 is 11.3 Å². The fourth-order valence-electron chi connectivity index (χ4n) is 2.70. The molecule has 8 nitrogen and oxygen atoms in total. The lowest BCUT2D eigenvalue weighted by molar-refractivity contribution is 0.262. The quantitative estimate of drug-likeness (QED) is 0.483. The van der Waals surface area contributed by atoms with Crippen LogP contribution in [0, 0.1) is 0 Å². The summed E-state index contributed by atoms with van der Waals surface area (Å²) >= 11 is 1.46. The maximum Gasteiger partial charge on any atom is 0.323 e. The van der Waals surface area contributed by atoms with Gasteiger partial charge in [0.2, 0.25) is 0 Å². The third-order valence-corrected chi connectivity index (χ3v) is 4.60. The second-order valence-corrected chi connectivity index (χ2v) is 6.41. The Bertz CT molecular complexity index is 1080. The number of amides is 2. The second-order valence-electron chi connectivity index (χ2n) is 5.52. The highest BCUT2D eigenvalue weighted by Gasteiger charge is 2.14. The van der Waals surface area contributed by atoms with Gasteiger partial charge in [-0.3, -0.25) is 10.1 Å². The van der Waals surface area contributed by atoms with E-state index in [2.05, 4.69) is 30.8 Å². The first-order valence-corrected chi connectivity index (χ1v) is 9.16. The van der Waals surface area contributed by atoms with E-state index in [4.69, 9.17) is 4.74 Å². The van der Waals surface area contributed by atoms with Gasteiger partial charge in [-0.15, -0.1) is 11.3 Å². The van der Waals surface area contributed by atoms with E-state index >= 15 is 0 Å². The molecule has 0 saturated carbocycles. The highest BCUT2D eigenvalue weighted by molar-refractivity contribution is 7.13. The number of anilines is 2. The predicted octanol–water partition coefficient (Wildman–Crippen LogP) is 4.12. The number of benzene rings is 1. The maximum absolute atomic E-state index is 12.5. The van der Waals surface area contributed by atoms with E-state index in [9.17, 15) is 4.79 Å². The van der Waals surface area contributed by atoms with Crippen LogP contribution in [0.5, 0.6) is 5.75 Å². The zero-order chi connectivity index (χ0) is 18.6. The van der Waals surface area contributed by atoms with Crippen LogP contribution in [0.4, 0.5) is 16.2 Å². The molecule has 0 fully saturated rings. The van der Waals surface area contributed by atoms with Crippen LogP contribution in [-0.4, -0.2) is 32.8 Å². The van der Waals surface area contributed by atoms with Gasteiger partial charge in [-0.25, -0.2) is 9.78 Å². The van der Waals surface area contributed by atoms with Crippen molar-refractivity contribution in [3.63, 3.8) is 0 Å². The van der Waals surface area contributed by atoms with Gasteiger partial charge in [0.25, 0.3) is 0 Å². The Morgan fingerprint density at radius 3 is 2.89 bits per heavy atom. The van der Waals surface area contributed by atoms with Crippen LogP contribution in [-0.2, 0) is 0 Å². The molecule has 9 heteroatoms. The van der Waals surface area contributed by atoms with Crippen molar-refractivity contribution in [3.05, 3.63) is 48.2 Å². The highest BCUT2D eigenvalue weighted by atomic mass is 32.1. The van der Waals surface area contributed by atoms with Crippen molar-refractivity contribution in [1.82, 2.24) is 20.2 Å². The number of nitrogens with zero attached hydrogens (tertiary/aromatic N) is 3. The summed E-state index contributed by atoms with van der Waals surface area (Å²) in [5.41, 5.74) is 2.46. The van der Waals surface area contributed by atoms with Gasteiger partial charge in [-0.2, -0.15) is 5.10 Å². The summed E-state index contributed by atoms with van der Waals surface area (Å²) in [6.07, 6.45) is 4.92. The van der Waals surface area contributed by atoms with Crippen molar-refractivity contribution in [2.24, 2.45) is 0 Å². The van der Waals surface area contributed by atoms with E-state index in [-0.39, 0.29) is 0 Å². The molecule has 0 atom stereocenters. The zero-order valence-corrected chi connectivity index (χ0v) is 15.2. The van der Waals surface area contributed by atoms with Crippen LogP contribution < -0.4 is 15.4 Å². The van der Waals surface area contributed by atoms with Gasteiger partial charge in [0.05, 0.1) is 29.7 Å². The molecule has 4 aromatic rings. The van der Waals surface area contributed by atoms with Crippen molar-refractivity contribution in [2.75, 3.05) is 17.2 Å². The van der Waals surface area contributed by atoms with Gasteiger partial charge in [-0.1, -0.05) is 0 Å². The molecule has 0 radical (unpaired) electrons. The third-order valence-electron chi connectivity index (χ3n) is 3.81. The summed E-state index contributed by atoms with van der Waals surface area (Å²) in [5, 5.41) is 15.9. The van der Waals surface area contributed by atoms with Gasteiger partial charge in [-0.05, 0) is 31.2 Å². The zero-order valence-electron chi connectivity index (χ0n) is 14.4. The number of thiazole rings is 1. The van der Waals surface area contributed by atoms with Crippen molar-refractivity contribution >= 4 is 39.6 Å². The minimum atomic E-state index is -0.398. The molecule has 4 rings (SSSR count). The van der Waals surface area contributed by atoms with Crippen molar-refractivity contribution in [2.45, 2.75) is 6.92 Å². The topological polar surface area (TPSA) is 105 Å². The highest BCUT2D eigenvalue weighted by Crippen LogP contribution is 2.31. The Balaban J connectivity index is 1.58. The molecule has 0 saturated heterocycles. The Morgan fingerprint density at radius 2 is 2.07 bits per heavy atom. The molecular weight excluding hydrogens is 364 g/mol. The van der Waals surface area contributed by atoms with E-state index in [1.54, 1.807) is 24.7 Å². The molecule has 2 amide bonds. The largest absolute Gasteiger partial charge is 0.493 e. The number of aromatic nitrogens is 4. The predicted molar refractivity (Wildman–Crippen MR) is 105 cm³/mol. The molecule has 0 aliphatic carbocycles. The molecule has 27 heavy (non-hydrogen) atoms. The lowest BCUT2D eigenvalue weighted by Crippen LogP contribution is -2.19. The minimum absolute atomic E-state index is 0.398. The number of rotatable bonds is 5.